The Balaban J connectivity index is 1.46. The fourth-order valence-electron chi connectivity index (χ4n) is 4.20. The molecule has 1 spiro atoms. The Bertz CT molecular complexity index is 835. The average Bonchev–Trinajstić information content (AvgIpc) is 3.52. The molecule has 3 heterocycles. The van der Waals surface area contributed by atoms with Crippen molar-refractivity contribution < 1.29 is 13.2 Å². The summed E-state index contributed by atoms with van der Waals surface area (Å²) in [6.07, 6.45) is 4.93. The van der Waals surface area contributed by atoms with Gasteiger partial charge in [0, 0.05) is 30.9 Å². The lowest BCUT2D eigenvalue weighted by molar-refractivity contribution is 0.0527. The predicted molar refractivity (Wildman–Crippen MR) is 97.4 cm³/mol. The highest BCUT2D eigenvalue weighted by Gasteiger charge is 2.51. The molecule has 7 nitrogen and oxygen atoms in total. The third kappa shape index (κ3) is 2.82. The lowest BCUT2D eigenvalue weighted by Gasteiger charge is -2.35. The van der Waals surface area contributed by atoms with Crippen LogP contribution in [0.25, 0.3) is 0 Å². The molecule has 0 aromatic carbocycles. The van der Waals surface area contributed by atoms with Gasteiger partial charge >= 0.3 is 0 Å². The molecule has 0 unspecified atom stereocenters. The Labute approximate surface area is 154 Å². The van der Waals surface area contributed by atoms with Crippen molar-refractivity contribution in [1.29, 1.82) is 0 Å². The van der Waals surface area contributed by atoms with E-state index in [0.717, 1.165) is 48.7 Å². The van der Waals surface area contributed by atoms with Gasteiger partial charge in [0.25, 0.3) is 0 Å². The van der Waals surface area contributed by atoms with Gasteiger partial charge < -0.3 is 10.1 Å². The van der Waals surface area contributed by atoms with E-state index in [9.17, 15) is 8.42 Å². The molecule has 5 rings (SSSR count). The molecular formula is C18H26N4O3S. The first-order chi connectivity index (χ1) is 12.5. The number of aromatic nitrogens is 2. The highest BCUT2D eigenvalue weighted by atomic mass is 32.2. The quantitative estimate of drug-likeness (QED) is 0.837. The van der Waals surface area contributed by atoms with Gasteiger partial charge in [0.2, 0.25) is 16.0 Å². The van der Waals surface area contributed by atoms with Crippen LogP contribution >= 0.6 is 0 Å². The number of anilines is 1. The molecule has 1 saturated heterocycles. The van der Waals surface area contributed by atoms with Crippen LogP contribution in [0.4, 0.5) is 5.95 Å². The molecule has 0 amide bonds. The Kier molecular flexibility index (Phi) is 3.82. The number of rotatable bonds is 5. The van der Waals surface area contributed by atoms with E-state index in [1.165, 1.54) is 12.8 Å². The zero-order valence-electron chi connectivity index (χ0n) is 15.2. The van der Waals surface area contributed by atoms with E-state index in [0.29, 0.717) is 32.3 Å². The Morgan fingerprint density at radius 1 is 1.27 bits per heavy atom. The Hall–Kier alpha value is -1.25. The zero-order chi connectivity index (χ0) is 17.9. The van der Waals surface area contributed by atoms with Crippen molar-refractivity contribution in [2.24, 2.45) is 5.92 Å². The van der Waals surface area contributed by atoms with Crippen LogP contribution in [0.5, 0.6) is 0 Å². The maximum absolute atomic E-state index is 12.7. The molecule has 142 valence electrons. The highest BCUT2D eigenvalue weighted by molar-refractivity contribution is 7.90. The molecule has 0 radical (unpaired) electrons. The fourth-order valence-corrected chi connectivity index (χ4v) is 6.13. The van der Waals surface area contributed by atoms with E-state index < -0.39 is 10.0 Å². The molecule has 4 aliphatic rings. The van der Waals surface area contributed by atoms with Crippen molar-refractivity contribution in [2.45, 2.75) is 56.3 Å². The summed E-state index contributed by atoms with van der Waals surface area (Å²) >= 11 is 0. The second kappa shape index (κ2) is 5.87. The van der Waals surface area contributed by atoms with Crippen LogP contribution in [-0.2, 0) is 26.8 Å². The van der Waals surface area contributed by atoms with Crippen molar-refractivity contribution in [1.82, 2.24) is 14.3 Å². The molecule has 1 aromatic heterocycles. The maximum Gasteiger partial charge on any atom is 0.223 e. The summed E-state index contributed by atoms with van der Waals surface area (Å²) in [6, 6.07) is 0. The van der Waals surface area contributed by atoms with Crippen molar-refractivity contribution in [3.63, 3.8) is 0 Å². The van der Waals surface area contributed by atoms with Gasteiger partial charge in [-0.1, -0.05) is 0 Å². The van der Waals surface area contributed by atoms with Crippen LogP contribution < -0.4 is 5.32 Å². The highest BCUT2D eigenvalue weighted by Crippen LogP contribution is 2.43. The summed E-state index contributed by atoms with van der Waals surface area (Å²) in [6.45, 7) is 5.02. The lowest BCUT2D eigenvalue weighted by atomic mass is 9.80. The third-order valence-electron chi connectivity index (χ3n) is 6.21. The smallest absolute Gasteiger partial charge is 0.223 e. The van der Waals surface area contributed by atoms with E-state index in [2.05, 4.69) is 10.3 Å². The molecule has 1 N–H and O–H groups in total. The third-order valence-corrected chi connectivity index (χ3v) is 8.56. The van der Waals surface area contributed by atoms with Crippen LogP contribution in [0.1, 0.15) is 49.1 Å². The maximum atomic E-state index is 12.7. The number of sulfonamides is 1. The monoisotopic (exact) mass is 378 g/mol. The Morgan fingerprint density at radius 2 is 2.08 bits per heavy atom. The van der Waals surface area contributed by atoms with Crippen LogP contribution in [0.2, 0.25) is 0 Å². The molecule has 1 aromatic rings. The summed E-state index contributed by atoms with van der Waals surface area (Å²) in [5.74, 6) is 1.43. The number of nitrogens with one attached hydrogen (secondary N) is 1. The largest absolute Gasteiger partial charge is 0.376 e. The fraction of sp³-hybridized carbons (Fsp3) is 0.778. The van der Waals surface area contributed by atoms with Gasteiger partial charge in [0.1, 0.15) is 0 Å². The summed E-state index contributed by atoms with van der Waals surface area (Å²) < 4.78 is 32.9. The number of ether oxygens (including phenoxy) is 1. The predicted octanol–water partition coefficient (Wildman–Crippen LogP) is 1.57. The number of hydrogen-bond donors (Lipinski definition) is 1. The van der Waals surface area contributed by atoms with Gasteiger partial charge in [-0.15, -0.1) is 0 Å². The SMILES string of the molecule is Cc1nc(NCC2CC2)nc2c1COC[C@]21CCN(S(=O)(=O)C2CC2)C1. The molecular weight excluding hydrogens is 352 g/mol. The van der Waals surface area contributed by atoms with Crippen LogP contribution in [-0.4, -0.2) is 54.2 Å². The van der Waals surface area contributed by atoms with Crippen molar-refractivity contribution in [2.75, 3.05) is 31.6 Å². The minimum Gasteiger partial charge on any atom is -0.376 e. The van der Waals surface area contributed by atoms with Crippen molar-refractivity contribution in [3.8, 4) is 0 Å². The molecule has 1 atom stereocenters. The van der Waals surface area contributed by atoms with Crippen molar-refractivity contribution >= 4 is 16.0 Å². The van der Waals surface area contributed by atoms with Crippen LogP contribution in [0, 0.1) is 12.8 Å². The number of nitrogens with zero attached hydrogens (tertiary/aromatic N) is 3. The van der Waals surface area contributed by atoms with Gasteiger partial charge in [-0.25, -0.2) is 22.7 Å². The summed E-state index contributed by atoms with van der Waals surface area (Å²) in [5, 5.41) is 3.22. The van der Waals surface area contributed by atoms with Gasteiger partial charge in [0.15, 0.2) is 0 Å². The average molecular weight is 378 g/mol. The summed E-state index contributed by atoms with van der Waals surface area (Å²) in [7, 11) is -3.16. The summed E-state index contributed by atoms with van der Waals surface area (Å²) in [5.41, 5.74) is 2.65. The summed E-state index contributed by atoms with van der Waals surface area (Å²) in [4.78, 5) is 9.48. The van der Waals surface area contributed by atoms with E-state index in [-0.39, 0.29) is 10.7 Å². The van der Waals surface area contributed by atoms with Gasteiger partial charge in [-0.3, -0.25) is 0 Å². The first-order valence-corrected chi connectivity index (χ1v) is 11.2. The number of aryl methyl sites for hydroxylation is 1. The molecule has 3 fully saturated rings. The number of hydrogen-bond acceptors (Lipinski definition) is 6. The van der Waals surface area contributed by atoms with Crippen LogP contribution in [0.3, 0.4) is 0 Å². The van der Waals surface area contributed by atoms with Crippen molar-refractivity contribution in [3.05, 3.63) is 17.0 Å². The minimum absolute atomic E-state index is 0.162. The topological polar surface area (TPSA) is 84.4 Å². The normalized spacial score (nSPS) is 29.1. The second-order valence-corrected chi connectivity index (χ2v) is 10.6. The number of fused-ring (bicyclic) bond motifs is 2. The zero-order valence-corrected chi connectivity index (χ0v) is 16.0. The molecule has 0 bridgehead atoms. The minimum atomic E-state index is -3.16. The first kappa shape index (κ1) is 16.9. The molecule has 26 heavy (non-hydrogen) atoms. The molecule has 2 aliphatic carbocycles. The lowest BCUT2D eigenvalue weighted by Crippen LogP contribution is -2.42. The van der Waals surface area contributed by atoms with Gasteiger partial charge in [-0.2, -0.15) is 0 Å². The van der Waals surface area contributed by atoms with Crippen LogP contribution in [0.15, 0.2) is 0 Å². The first-order valence-electron chi connectivity index (χ1n) is 9.66. The van der Waals surface area contributed by atoms with Gasteiger partial charge in [-0.05, 0) is 44.9 Å². The van der Waals surface area contributed by atoms with E-state index in [1.54, 1.807) is 4.31 Å². The molecule has 2 saturated carbocycles. The van der Waals surface area contributed by atoms with Gasteiger partial charge in [0.05, 0.1) is 29.6 Å². The Morgan fingerprint density at radius 3 is 2.81 bits per heavy atom. The van der Waals surface area contributed by atoms with E-state index in [1.807, 2.05) is 6.92 Å². The standard InChI is InChI=1S/C18H26N4O3S/c1-12-15-9-25-11-18(6-7-22(10-18)26(23,24)14-4-5-14)16(15)21-17(20-12)19-8-13-2-3-13/h13-14H,2-11H2,1H3,(H,19,20,21)/t18-/m1/s1. The molecule has 8 heteroatoms. The van der Waals surface area contributed by atoms with E-state index in [4.69, 9.17) is 9.72 Å². The second-order valence-electron chi connectivity index (χ2n) is 8.39. The van der Waals surface area contributed by atoms with E-state index >= 15 is 0 Å². The molecule has 2 aliphatic heterocycles.